The van der Waals surface area contributed by atoms with Gasteiger partial charge >= 0.3 is 0 Å². The Morgan fingerprint density at radius 2 is 1.93 bits per heavy atom. The fourth-order valence-electron chi connectivity index (χ4n) is 1.74. The molecule has 0 aliphatic carbocycles. The van der Waals surface area contributed by atoms with Gasteiger partial charge in [-0.3, -0.25) is 0 Å². The fraction of sp³-hybridized carbons (Fsp3) is 0.636. The van der Waals surface area contributed by atoms with Crippen molar-refractivity contribution in [3.63, 3.8) is 0 Å². The molecule has 0 aliphatic rings. The summed E-state index contributed by atoms with van der Waals surface area (Å²) < 4.78 is 0. The average Bonchev–Trinajstić information content (AvgIpc) is 2.22. The first-order valence-electron chi connectivity index (χ1n) is 5.39. The zero-order valence-corrected chi connectivity index (χ0v) is 10.3. The second-order valence-electron chi connectivity index (χ2n) is 3.62. The summed E-state index contributed by atoms with van der Waals surface area (Å²) in [6.07, 6.45) is 4.34. The van der Waals surface area contributed by atoms with Crippen molar-refractivity contribution < 1.29 is 0 Å². The van der Waals surface area contributed by atoms with Crippen molar-refractivity contribution in [3.8, 4) is 0 Å². The summed E-state index contributed by atoms with van der Waals surface area (Å²) >= 11 is 5.76. The van der Waals surface area contributed by atoms with Gasteiger partial charge in [0.05, 0.1) is 5.02 Å². The molecule has 0 amide bonds. The number of nitrogens with one attached hydrogen (secondary N) is 1. The summed E-state index contributed by atoms with van der Waals surface area (Å²) in [5.41, 5.74) is 0. The van der Waals surface area contributed by atoms with E-state index in [0.717, 1.165) is 18.8 Å². The van der Waals surface area contributed by atoms with Gasteiger partial charge in [-0.2, -0.15) is 0 Å². The molecule has 0 spiro atoms. The number of hydrogen-bond acceptors (Lipinski definition) is 3. The third-order valence-corrected chi connectivity index (χ3v) is 2.74. The normalized spacial score (nSPS) is 14.9. The molecular formula is C11H18ClN3. The minimum atomic E-state index is 0.349. The van der Waals surface area contributed by atoms with E-state index < -0.39 is 0 Å². The van der Waals surface area contributed by atoms with E-state index >= 15 is 0 Å². The molecule has 1 aromatic heterocycles. The number of nitrogens with zero attached hydrogens (tertiary/aromatic N) is 2. The first-order valence-corrected chi connectivity index (χ1v) is 5.77. The Morgan fingerprint density at radius 3 is 2.40 bits per heavy atom. The average molecular weight is 228 g/mol. The predicted molar refractivity (Wildman–Crippen MR) is 63.2 cm³/mol. The smallest absolute Gasteiger partial charge is 0.132 e. The molecule has 0 aliphatic heterocycles. The van der Waals surface area contributed by atoms with Crippen LogP contribution in [0.15, 0.2) is 12.4 Å². The Morgan fingerprint density at radius 1 is 1.33 bits per heavy atom. The summed E-state index contributed by atoms with van der Waals surface area (Å²) in [5.74, 6) is 1.22. The van der Waals surface area contributed by atoms with E-state index in [-0.39, 0.29) is 0 Å². The van der Waals surface area contributed by atoms with Gasteiger partial charge in [0.25, 0.3) is 0 Å². The van der Waals surface area contributed by atoms with E-state index in [1.165, 1.54) is 0 Å². The van der Waals surface area contributed by atoms with Crippen molar-refractivity contribution in [2.24, 2.45) is 0 Å². The molecule has 1 rings (SSSR count). The van der Waals surface area contributed by atoms with Crippen molar-refractivity contribution in [1.29, 1.82) is 0 Å². The summed E-state index contributed by atoms with van der Waals surface area (Å²) in [7, 11) is 0. The highest BCUT2D eigenvalue weighted by molar-refractivity contribution is 6.30. The van der Waals surface area contributed by atoms with Crippen LogP contribution < -0.4 is 5.32 Å². The van der Waals surface area contributed by atoms with Crippen molar-refractivity contribution >= 4 is 11.6 Å². The van der Waals surface area contributed by atoms with Gasteiger partial charge in [-0.05, 0) is 19.9 Å². The number of likely N-dealkylation sites (N-methyl/N-ethyl adjacent to an activating group) is 1. The fourth-order valence-corrected chi connectivity index (χ4v) is 1.84. The van der Waals surface area contributed by atoms with Gasteiger partial charge in [-0.15, -0.1) is 0 Å². The van der Waals surface area contributed by atoms with Crippen LogP contribution in [0.4, 0.5) is 0 Å². The highest BCUT2D eigenvalue weighted by Crippen LogP contribution is 2.20. The predicted octanol–water partition coefficient (Wildman–Crippen LogP) is 2.62. The van der Waals surface area contributed by atoms with E-state index in [1.54, 1.807) is 12.4 Å². The molecule has 0 radical (unpaired) electrons. The summed E-state index contributed by atoms with van der Waals surface area (Å²) in [6.45, 7) is 7.38. The monoisotopic (exact) mass is 227 g/mol. The van der Waals surface area contributed by atoms with Crippen LogP contribution in [-0.2, 0) is 0 Å². The third kappa shape index (κ3) is 3.43. The lowest BCUT2D eigenvalue weighted by atomic mass is 9.97. The maximum absolute atomic E-state index is 5.76. The topological polar surface area (TPSA) is 37.8 Å². The Bertz CT molecular complexity index is 286. The lowest BCUT2D eigenvalue weighted by Gasteiger charge is -2.21. The van der Waals surface area contributed by atoms with Crippen molar-refractivity contribution in [1.82, 2.24) is 15.3 Å². The van der Waals surface area contributed by atoms with Crippen molar-refractivity contribution in [2.75, 3.05) is 6.54 Å². The zero-order chi connectivity index (χ0) is 11.3. The Hall–Kier alpha value is -0.670. The molecule has 3 nitrogen and oxygen atoms in total. The van der Waals surface area contributed by atoms with Gasteiger partial charge in [0.2, 0.25) is 0 Å². The first-order chi connectivity index (χ1) is 7.19. The Kier molecular flexibility index (Phi) is 4.99. The molecule has 1 N–H and O–H groups in total. The molecule has 4 heteroatoms. The molecule has 0 saturated carbocycles. The molecular weight excluding hydrogens is 210 g/mol. The van der Waals surface area contributed by atoms with E-state index in [2.05, 4.69) is 36.1 Å². The molecule has 0 aromatic carbocycles. The summed E-state index contributed by atoms with van der Waals surface area (Å²) in [6, 6.07) is 0.390. The SMILES string of the molecule is CCNC(C)C(CC)c1ncc(Cl)cn1. The van der Waals surface area contributed by atoms with E-state index in [4.69, 9.17) is 11.6 Å². The van der Waals surface area contributed by atoms with Crippen LogP contribution >= 0.6 is 11.6 Å². The zero-order valence-electron chi connectivity index (χ0n) is 9.50. The number of halogens is 1. The molecule has 0 saturated heterocycles. The molecule has 0 fully saturated rings. The molecule has 1 aromatic rings. The third-order valence-electron chi connectivity index (χ3n) is 2.54. The largest absolute Gasteiger partial charge is 0.314 e. The maximum atomic E-state index is 5.76. The quantitative estimate of drug-likeness (QED) is 0.841. The van der Waals surface area contributed by atoms with Crippen LogP contribution in [0.25, 0.3) is 0 Å². The molecule has 2 atom stereocenters. The number of aromatic nitrogens is 2. The van der Waals surface area contributed by atoms with Crippen LogP contribution in [-0.4, -0.2) is 22.6 Å². The lowest BCUT2D eigenvalue weighted by molar-refractivity contribution is 0.444. The van der Waals surface area contributed by atoms with Gasteiger partial charge in [-0.1, -0.05) is 25.4 Å². The molecule has 0 bridgehead atoms. The minimum Gasteiger partial charge on any atom is -0.314 e. The van der Waals surface area contributed by atoms with Crippen LogP contribution in [0, 0.1) is 0 Å². The molecule has 1 heterocycles. The van der Waals surface area contributed by atoms with Gasteiger partial charge in [0.15, 0.2) is 0 Å². The maximum Gasteiger partial charge on any atom is 0.132 e. The lowest BCUT2D eigenvalue weighted by Crippen LogP contribution is -2.32. The van der Waals surface area contributed by atoms with E-state index in [1.807, 2.05) is 0 Å². The second kappa shape index (κ2) is 6.03. The number of hydrogen-bond donors (Lipinski definition) is 1. The minimum absolute atomic E-state index is 0.349. The standard InChI is InChI=1S/C11H18ClN3/c1-4-10(8(3)13-5-2)11-14-6-9(12)7-15-11/h6-8,10,13H,4-5H2,1-3H3. The Balaban J connectivity index is 2.77. The highest BCUT2D eigenvalue weighted by Gasteiger charge is 2.18. The Labute approximate surface area is 96.3 Å². The molecule has 2 unspecified atom stereocenters. The van der Waals surface area contributed by atoms with Gasteiger partial charge in [0.1, 0.15) is 5.82 Å². The summed E-state index contributed by atoms with van der Waals surface area (Å²) in [4.78, 5) is 8.54. The van der Waals surface area contributed by atoms with Crippen LogP contribution in [0.1, 0.15) is 38.9 Å². The van der Waals surface area contributed by atoms with E-state index in [9.17, 15) is 0 Å². The van der Waals surface area contributed by atoms with Crippen LogP contribution in [0.2, 0.25) is 5.02 Å². The highest BCUT2D eigenvalue weighted by atomic mass is 35.5. The van der Waals surface area contributed by atoms with E-state index in [0.29, 0.717) is 17.0 Å². The first kappa shape index (κ1) is 12.4. The molecule has 15 heavy (non-hydrogen) atoms. The summed E-state index contributed by atoms with van der Waals surface area (Å²) in [5, 5.41) is 3.98. The van der Waals surface area contributed by atoms with Crippen LogP contribution in [0.5, 0.6) is 0 Å². The van der Waals surface area contributed by atoms with Gasteiger partial charge < -0.3 is 5.32 Å². The number of rotatable bonds is 5. The molecule has 84 valence electrons. The van der Waals surface area contributed by atoms with Crippen LogP contribution in [0.3, 0.4) is 0 Å². The van der Waals surface area contributed by atoms with Crippen molar-refractivity contribution in [2.45, 2.75) is 39.2 Å². The second-order valence-corrected chi connectivity index (χ2v) is 4.06. The van der Waals surface area contributed by atoms with Gasteiger partial charge in [0, 0.05) is 24.4 Å². The van der Waals surface area contributed by atoms with Crippen molar-refractivity contribution in [3.05, 3.63) is 23.2 Å². The van der Waals surface area contributed by atoms with Gasteiger partial charge in [-0.25, -0.2) is 9.97 Å².